The number of likely N-dealkylation sites (tertiary alicyclic amines) is 1. The predicted molar refractivity (Wildman–Crippen MR) is 95.0 cm³/mol. The van der Waals surface area contributed by atoms with Gasteiger partial charge in [0.2, 0.25) is 5.91 Å². The summed E-state index contributed by atoms with van der Waals surface area (Å²) in [6.07, 6.45) is 6.95. The minimum absolute atomic E-state index is 0.0359. The highest BCUT2D eigenvalue weighted by Gasteiger charge is 2.47. The summed E-state index contributed by atoms with van der Waals surface area (Å²) < 4.78 is 7.53. The first-order chi connectivity index (χ1) is 12.9. The number of ether oxygens (including phenoxy) is 1. The second-order valence-corrected chi connectivity index (χ2v) is 7.41. The maximum absolute atomic E-state index is 12.6. The number of carbonyl (C=O) groups is 3. The zero-order chi connectivity index (χ0) is 19.4. The Hall–Kier alpha value is -2.58. The third-order valence-electron chi connectivity index (χ3n) is 5.39. The molecule has 2 saturated heterocycles. The van der Waals surface area contributed by atoms with E-state index in [-0.39, 0.29) is 24.5 Å². The molecule has 1 spiro atoms. The maximum Gasteiger partial charge on any atom is 0.410 e. The summed E-state index contributed by atoms with van der Waals surface area (Å²) in [6.45, 7) is 3.97. The van der Waals surface area contributed by atoms with E-state index in [4.69, 9.17) is 9.84 Å². The van der Waals surface area contributed by atoms with Crippen molar-refractivity contribution in [3.05, 3.63) is 18.7 Å². The van der Waals surface area contributed by atoms with E-state index in [0.29, 0.717) is 51.9 Å². The number of piperidine rings is 1. The van der Waals surface area contributed by atoms with Crippen molar-refractivity contribution >= 4 is 18.0 Å². The van der Waals surface area contributed by atoms with E-state index >= 15 is 0 Å². The Kier molecular flexibility index (Phi) is 5.67. The fraction of sp³-hybridized carbons (Fsp3) is 0.667. The average molecular weight is 378 g/mol. The SMILES string of the molecule is C[C@H](CC(=O)N1CCC2(CC1)CN(CCCC(=O)O)C(=O)O2)n1ccnc1. The smallest absolute Gasteiger partial charge is 0.410 e. The van der Waals surface area contributed by atoms with Gasteiger partial charge in [0.05, 0.1) is 12.9 Å². The molecule has 3 heterocycles. The summed E-state index contributed by atoms with van der Waals surface area (Å²) in [4.78, 5) is 42.7. The Morgan fingerprint density at radius 3 is 2.74 bits per heavy atom. The number of aliphatic carboxylic acids is 1. The van der Waals surface area contributed by atoms with Crippen molar-refractivity contribution < 1.29 is 24.2 Å². The molecule has 0 radical (unpaired) electrons. The largest absolute Gasteiger partial charge is 0.481 e. The van der Waals surface area contributed by atoms with Gasteiger partial charge in [-0.3, -0.25) is 9.59 Å². The summed E-state index contributed by atoms with van der Waals surface area (Å²) >= 11 is 0. The number of amides is 2. The molecule has 0 bridgehead atoms. The molecular weight excluding hydrogens is 352 g/mol. The van der Waals surface area contributed by atoms with E-state index < -0.39 is 11.6 Å². The number of hydrogen-bond donors (Lipinski definition) is 1. The Balaban J connectivity index is 1.47. The Labute approximate surface area is 157 Å². The molecular formula is C18H26N4O5. The van der Waals surface area contributed by atoms with Gasteiger partial charge in [0.15, 0.2) is 0 Å². The molecule has 1 atom stereocenters. The van der Waals surface area contributed by atoms with Crippen LogP contribution in [0, 0.1) is 0 Å². The van der Waals surface area contributed by atoms with Gasteiger partial charge in [-0.25, -0.2) is 9.78 Å². The van der Waals surface area contributed by atoms with Crippen LogP contribution in [0.4, 0.5) is 4.79 Å². The number of carboxylic acid groups (broad SMARTS) is 1. The first kappa shape index (κ1) is 19.2. The third-order valence-corrected chi connectivity index (χ3v) is 5.39. The lowest BCUT2D eigenvalue weighted by Crippen LogP contribution is -2.49. The van der Waals surface area contributed by atoms with Crippen molar-refractivity contribution in [3.8, 4) is 0 Å². The highest BCUT2D eigenvalue weighted by Crippen LogP contribution is 2.33. The fourth-order valence-corrected chi connectivity index (χ4v) is 3.73. The van der Waals surface area contributed by atoms with Crippen molar-refractivity contribution in [2.45, 2.75) is 50.7 Å². The molecule has 2 aliphatic heterocycles. The maximum atomic E-state index is 12.6. The first-order valence-electron chi connectivity index (χ1n) is 9.33. The lowest BCUT2D eigenvalue weighted by molar-refractivity contribution is -0.137. The monoisotopic (exact) mass is 378 g/mol. The molecule has 2 amide bonds. The van der Waals surface area contributed by atoms with Gasteiger partial charge in [0.1, 0.15) is 5.60 Å². The Bertz CT molecular complexity index is 682. The number of aromatic nitrogens is 2. The van der Waals surface area contributed by atoms with Crippen molar-refractivity contribution in [1.82, 2.24) is 19.4 Å². The molecule has 148 valence electrons. The minimum atomic E-state index is -0.867. The standard InChI is InChI=1S/C18H26N4O5/c1-14(22-10-6-19-13-22)11-15(23)20-8-4-18(5-9-20)12-21(17(26)27-18)7-2-3-16(24)25/h6,10,13-14H,2-5,7-9,11-12H2,1H3,(H,24,25)/t14-/m1/s1. The van der Waals surface area contributed by atoms with Gasteiger partial charge in [-0.15, -0.1) is 0 Å². The average Bonchev–Trinajstić information content (AvgIpc) is 3.24. The molecule has 1 aromatic rings. The van der Waals surface area contributed by atoms with Crippen LogP contribution in [0.5, 0.6) is 0 Å². The molecule has 0 aliphatic carbocycles. The zero-order valence-corrected chi connectivity index (χ0v) is 15.5. The van der Waals surface area contributed by atoms with E-state index in [1.807, 2.05) is 22.6 Å². The molecule has 1 aromatic heterocycles. The summed E-state index contributed by atoms with van der Waals surface area (Å²) in [6, 6.07) is 0.0462. The predicted octanol–water partition coefficient (Wildman–Crippen LogP) is 1.51. The molecule has 27 heavy (non-hydrogen) atoms. The van der Waals surface area contributed by atoms with Crippen LogP contribution in [-0.2, 0) is 14.3 Å². The van der Waals surface area contributed by atoms with Gasteiger partial charge in [0.25, 0.3) is 0 Å². The van der Waals surface area contributed by atoms with Crippen LogP contribution < -0.4 is 0 Å². The van der Waals surface area contributed by atoms with Crippen LogP contribution in [0.1, 0.15) is 45.1 Å². The van der Waals surface area contributed by atoms with Crippen molar-refractivity contribution in [3.63, 3.8) is 0 Å². The van der Waals surface area contributed by atoms with Crippen LogP contribution in [0.25, 0.3) is 0 Å². The van der Waals surface area contributed by atoms with Crippen LogP contribution in [-0.4, -0.2) is 74.2 Å². The number of nitrogens with zero attached hydrogens (tertiary/aromatic N) is 4. The van der Waals surface area contributed by atoms with Crippen LogP contribution in [0.15, 0.2) is 18.7 Å². The van der Waals surface area contributed by atoms with Gasteiger partial charge in [-0.2, -0.15) is 0 Å². The van der Waals surface area contributed by atoms with Crippen molar-refractivity contribution in [2.24, 2.45) is 0 Å². The van der Waals surface area contributed by atoms with E-state index in [1.165, 1.54) is 0 Å². The van der Waals surface area contributed by atoms with Gasteiger partial charge >= 0.3 is 12.1 Å². The zero-order valence-electron chi connectivity index (χ0n) is 15.5. The number of imidazole rings is 1. The topological polar surface area (TPSA) is 105 Å². The molecule has 2 aliphatic rings. The van der Waals surface area contributed by atoms with Crippen LogP contribution in [0.2, 0.25) is 0 Å². The highest BCUT2D eigenvalue weighted by atomic mass is 16.6. The highest BCUT2D eigenvalue weighted by molar-refractivity contribution is 5.77. The molecule has 0 aromatic carbocycles. The molecule has 9 heteroatoms. The number of carboxylic acids is 1. The van der Waals surface area contributed by atoms with E-state index in [9.17, 15) is 14.4 Å². The van der Waals surface area contributed by atoms with E-state index in [0.717, 1.165) is 0 Å². The third kappa shape index (κ3) is 4.58. The van der Waals surface area contributed by atoms with Crippen molar-refractivity contribution in [2.75, 3.05) is 26.2 Å². The summed E-state index contributed by atoms with van der Waals surface area (Å²) in [5.41, 5.74) is -0.549. The van der Waals surface area contributed by atoms with Gasteiger partial charge in [0, 0.05) is 63.8 Å². The second kappa shape index (κ2) is 7.98. The molecule has 1 N–H and O–H groups in total. The quantitative estimate of drug-likeness (QED) is 0.771. The van der Waals surface area contributed by atoms with Crippen LogP contribution >= 0.6 is 0 Å². The van der Waals surface area contributed by atoms with Gasteiger partial charge < -0.3 is 24.2 Å². The second-order valence-electron chi connectivity index (χ2n) is 7.41. The summed E-state index contributed by atoms with van der Waals surface area (Å²) in [5, 5.41) is 8.72. The lowest BCUT2D eigenvalue weighted by atomic mass is 9.91. The molecule has 0 saturated carbocycles. The number of rotatable bonds is 7. The van der Waals surface area contributed by atoms with E-state index in [1.54, 1.807) is 17.4 Å². The minimum Gasteiger partial charge on any atom is -0.481 e. The van der Waals surface area contributed by atoms with Gasteiger partial charge in [-0.1, -0.05) is 0 Å². The molecule has 2 fully saturated rings. The Morgan fingerprint density at radius 2 is 2.11 bits per heavy atom. The number of carbonyl (C=O) groups excluding carboxylic acids is 2. The van der Waals surface area contributed by atoms with Crippen LogP contribution in [0.3, 0.4) is 0 Å². The molecule has 3 rings (SSSR count). The number of hydrogen-bond acceptors (Lipinski definition) is 5. The van der Waals surface area contributed by atoms with E-state index in [2.05, 4.69) is 4.98 Å². The first-order valence-corrected chi connectivity index (χ1v) is 9.33. The van der Waals surface area contributed by atoms with Gasteiger partial charge in [-0.05, 0) is 13.3 Å². The molecule has 9 nitrogen and oxygen atoms in total. The summed E-state index contributed by atoms with van der Waals surface area (Å²) in [7, 11) is 0. The normalized spacial score (nSPS) is 20.0. The Morgan fingerprint density at radius 1 is 1.37 bits per heavy atom. The summed E-state index contributed by atoms with van der Waals surface area (Å²) in [5.74, 6) is -0.775. The lowest BCUT2D eigenvalue weighted by Gasteiger charge is -2.37. The molecule has 0 unspecified atom stereocenters. The fourth-order valence-electron chi connectivity index (χ4n) is 3.73. The van der Waals surface area contributed by atoms with Crippen molar-refractivity contribution in [1.29, 1.82) is 0 Å².